The first-order valence-corrected chi connectivity index (χ1v) is 11.4. The highest BCUT2D eigenvalue weighted by Gasteiger charge is 2.30. The number of aryl methyl sites for hydroxylation is 1. The fourth-order valence-corrected chi connectivity index (χ4v) is 5.16. The van der Waals surface area contributed by atoms with Gasteiger partial charge in [-0.25, -0.2) is 8.42 Å². The smallest absolute Gasteiger partial charge is 0.269 e. The molecular formula is C19H21N3O5S2. The summed E-state index contributed by atoms with van der Waals surface area (Å²) in [4.78, 5) is 25.3. The number of nitrogens with zero attached hydrogens (tertiary/aromatic N) is 3. The zero-order chi connectivity index (χ0) is 21.0. The van der Waals surface area contributed by atoms with Gasteiger partial charge in [0.2, 0.25) is 15.9 Å². The summed E-state index contributed by atoms with van der Waals surface area (Å²) < 4.78 is 26.9. The summed E-state index contributed by atoms with van der Waals surface area (Å²) in [6.07, 6.45) is 0. The van der Waals surface area contributed by atoms with Gasteiger partial charge in [-0.2, -0.15) is 4.31 Å². The molecule has 2 aromatic carbocycles. The highest BCUT2D eigenvalue weighted by atomic mass is 32.2. The molecule has 0 radical (unpaired) electrons. The van der Waals surface area contributed by atoms with E-state index in [9.17, 15) is 23.3 Å². The van der Waals surface area contributed by atoms with Gasteiger partial charge in [-0.15, -0.1) is 11.8 Å². The predicted octanol–water partition coefficient (Wildman–Crippen LogP) is 2.53. The molecule has 154 valence electrons. The number of carbonyl (C=O) groups excluding carboxylic acids is 1. The lowest BCUT2D eigenvalue weighted by molar-refractivity contribution is -0.384. The van der Waals surface area contributed by atoms with E-state index in [1.807, 2.05) is 6.92 Å². The average Bonchev–Trinajstić information content (AvgIpc) is 2.72. The second-order valence-electron chi connectivity index (χ2n) is 6.64. The first-order chi connectivity index (χ1) is 13.8. The standard InChI is InChI=1S/C19H21N3O5S2/c1-15-2-8-18(9-3-15)29(26,27)21-12-10-20(11-13-21)19(23)14-28-17-6-4-16(5-7-17)22(24)25/h2-9H,10-14H2,1H3. The average molecular weight is 436 g/mol. The first-order valence-electron chi connectivity index (χ1n) is 8.99. The first kappa shape index (κ1) is 21.3. The molecule has 1 aliphatic heterocycles. The van der Waals surface area contributed by atoms with Crippen LogP contribution in [0.4, 0.5) is 5.69 Å². The molecule has 0 spiro atoms. The topological polar surface area (TPSA) is 101 Å². The molecule has 0 atom stereocenters. The second-order valence-corrected chi connectivity index (χ2v) is 9.62. The van der Waals surface area contributed by atoms with E-state index in [0.717, 1.165) is 10.5 Å². The molecule has 1 heterocycles. The normalized spacial score (nSPS) is 15.3. The zero-order valence-electron chi connectivity index (χ0n) is 15.9. The Bertz CT molecular complexity index is 984. The van der Waals surface area contributed by atoms with Crippen molar-refractivity contribution in [1.82, 2.24) is 9.21 Å². The number of rotatable bonds is 6. The molecule has 1 fully saturated rings. The molecule has 1 amide bonds. The Morgan fingerprint density at radius 1 is 1.03 bits per heavy atom. The number of nitro benzene ring substituents is 1. The number of sulfonamides is 1. The van der Waals surface area contributed by atoms with Crippen LogP contribution < -0.4 is 0 Å². The van der Waals surface area contributed by atoms with Gasteiger partial charge in [0.1, 0.15) is 0 Å². The van der Waals surface area contributed by atoms with Crippen LogP contribution in [-0.4, -0.2) is 60.4 Å². The van der Waals surface area contributed by atoms with E-state index < -0.39 is 14.9 Å². The van der Waals surface area contributed by atoms with Gasteiger partial charge in [0.05, 0.1) is 15.6 Å². The van der Waals surface area contributed by atoms with Crippen molar-refractivity contribution in [3.63, 3.8) is 0 Å². The van der Waals surface area contributed by atoms with E-state index in [0.29, 0.717) is 13.1 Å². The van der Waals surface area contributed by atoms with Gasteiger partial charge in [-0.3, -0.25) is 14.9 Å². The quantitative estimate of drug-likeness (QED) is 0.393. The van der Waals surface area contributed by atoms with Crippen molar-refractivity contribution < 1.29 is 18.1 Å². The summed E-state index contributed by atoms with van der Waals surface area (Å²) in [5.74, 6) is 0.114. The van der Waals surface area contributed by atoms with Crippen molar-refractivity contribution in [3.8, 4) is 0 Å². The highest BCUT2D eigenvalue weighted by Crippen LogP contribution is 2.23. The molecule has 0 aliphatic carbocycles. The minimum Gasteiger partial charge on any atom is -0.339 e. The molecule has 1 saturated heterocycles. The van der Waals surface area contributed by atoms with Crippen molar-refractivity contribution in [2.45, 2.75) is 16.7 Å². The maximum atomic E-state index is 12.7. The van der Waals surface area contributed by atoms with Crippen LogP contribution >= 0.6 is 11.8 Å². The van der Waals surface area contributed by atoms with Crippen LogP contribution in [0.5, 0.6) is 0 Å². The SMILES string of the molecule is Cc1ccc(S(=O)(=O)N2CCN(C(=O)CSc3ccc([N+](=O)[O-])cc3)CC2)cc1. The van der Waals surface area contributed by atoms with Gasteiger partial charge >= 0.3 is 0 Å². The Hall–Kier alpha value is -2.43. The second kappa shape index (κ2) is 8.93. The van der Waals surface area contributed by atoms with Crippen LogP contribution in [0, 0.1) is 17.0 Å². The lowest BCUT2D eigenvalue weighted by atomic mass is 10.2. The van der Waals surface area contributed by atoms with Gasteiger partial charge in [-0.05, 0) is 31.2 Å². The van der Waals surface area contributed by atoms with Gasteiger partial charge in [-0.1, -0.05) is 17.7 Å². The lowest BCUT2D eigenvalue weighted by Crippen LogP contribution is -2.50. The van der Waals surface area contributed by atoms with Crippen LogP contribution in [0.3, 0.4) is 0 Å². The Balaban J connectivity index is 1.52. The molecule has 0 unspecified atom stereocenters. The Labute approximate surface area is 173 Å². The van der Waals surface area contributed by atoms with E-state index in [2.05, 4.69) is 0 Å². The Morgan fingerprint density at radius 3 is 2.17 bits per heavy atom. The van der Waals surface area contributed by atoms with Crippen LogP contribution in [0.25, 0.3) is 0 Å². The molecule has 29 heavy (non-hydrogen) atoms. The molecule has 1 aliphatic rings. The number of nitro groups is 1. The number of carbonyl (C=O) groups is 1. The molecule has 0 bridgehead atoms. The monoisotopic (exact) mass is 435 g/mol. The zero-order valence-corrected chi connectivity index (χ0v) is 17.5. The van der Waals surface area contributed by atoms with E-state index in [4.69, 9.17) is 0 Å². The third-order valence-electron chi connectivity index (χ3n) is 4.66. The van der Waals surface area contributed by atoms with Crippen molar-refractivity contribution in [2.24, 2.45) is 0 Å². The summed E-state index contributed by atoms with van der Waals surface area (Å²) >= 11 is 1.30. The summed E-state index contributed by atoms with van der Waals surface area (Å²) in [6, 6.07) is 12.8. The maximum Gasteiger partial charge on any atom is 0.269 e. The van der Waals surface area contributed by atoms with E-state index in [-0.39, 0.29) is 35.3 Å². The third-order valence-corrected chi connectivity index (χ3v) is 7.57. The third kappa shape index (κ3) is 5.14. The lowest BCUT2D eigenvalue weighted by Gasteiger charge is -2.34. The van der Waals surface area contributed by atoms with Crippen LogP contribution in [0.1, 0.15) is 5.56 Å². The Morgan fingerprint density at radius 2 is 1.62 bits per heavy atom. The number of benzene rings is 2. The van der Waals surface area contributed by atoms with Crippen molar-refractivity contribution in [2.75, 3.05) is 31.9 Å². The number of hydrogen-bond donors (Lipinski definition) is 0. The molecule has 10 heteroatoms. The van der Waals surface area contributed by atoms with Gasteiger partial charge in [0.25, 0.3) is 5.69 Å². The van der Waals surface area contributed by atoms with E-state index in [1.165, 1.54) is 28.2 Å². The summed E-state index contributed by atoms with van der Waals surface area (Å²) in [5.41, 5.74) is 0.997. The van der Waals surface area contributed by atoms with Crippen molar-refractivity contribution >= 4 is 33.4 Å². The molecule has 3 rings (SSSR count). The molecular weight excluding hydrogens is 414 g/mol. The fourth-order valence-electron chi connectivity index (χ4n) is 2.94. The number of non-ortho nitro benzene ring substituents is 1. The predicted molar refractivity (Wildman–Crippen MR) is 110 cm³/mol. The fraction of sp³-hybridized carbons (Fsp3) is 0.316. The maximum absolute atomic E-state index is 12.7. The minimum atomic E-state index is -3.56. The van der Waals surface area contributed by atoms with Gasteiger partial charge in [0, 0.05) is 43.2 Å². The molecule has 0 aromatic heterocycles. The van der Waals surface area contributed by atoms with Gasteiger partial charge in [0.15, 0.2) is 0 Å². The van der Waals surface area contributed by atoms with Crippen LogP contribution in [-0.2, 0) is 14.8 Å². The van der Waals surface area contributed by atoms with E-state index in [1.54, 1.807) is 41.3 Å². The molecule has 8 nitrogen and oxygen atoms in total. The summed E-state index contributed by atoms with van der Waals surface area (Å²) in [5, 5.41) is 10.7. The number of thioether (sulfide) groups is 1. The molecule has 0 saturated carbocycles. The minimum absolute atomic E-state index is 0.00610. The van der Waals surface area contributed by atoms with Crippen molar-refractivity contribution in [3.05, 3.63) is 64.2 Å². The summed E-state index contributed by atoms with van der Waals surface area (Å²) in [6.45, 7) is 3.08. The van der Waals surface area contributed by atoms with Crippen LogP contribution in [0.15, 0.2) is 58.3 Å². The number of hydrogen-bond acceptors (Lipinski definition) is 6. The Kier molecular flexibility index (Phi) is 6.56. The largest absolute Gasteiger partial charge is 0.339 e. The summed E-state index contributed by atoms with van der Waals surface area (Å²) in [7, 11) is -3.56. The molecule has 2 aromatic rings. The van der Waals surface area contributed by atoms with E-state index >= 15 is 0 Å². The molecule has 0 N–H and O–H groups in total. The highest BCUT2D eigenvalue weighted by molar-refractivity contribution is 8.00. The van der Waals surface area contributed by atoms with Gasteiger partial charge < -0.3 is 4.90 Å². The number of amides is 1. The van der Waals surface area contributed by atoms with Crippen molar-refractivity contribution in [1.29, 1.82) is 0 Å². The van der Waals surface area contributed by atoms with Crippen LogP contribution in [0.2, 0.25) is 0 Å². The number of piperazine rings is 1.